The second-order valence-corrected chi connectivity index (χ2v) is 1.30. The quantitative estimate of drug-likeness (QED) is 0.398. The molecule has 0 aromatic carbocycles. The van der Waals surface area contributed by atoms with Crippen molar-refractivity contribution in [2.45, 2.75) is 6.29 Å². The molecule has 3 heteroatoms. The predicted molar refractivity (Wildman–Crippen MR) is 31.0 cm³/mol. The van der Waals surface area contributed by atoms with E-state index in [0.29, 0.717) is 0 Å². The highest BCUT2D eigenvalue weighted by Gasteiger charge is 1.91. The minimum atomic E-state index is 0.236. The van der Waals surface area contributed by atoms with Crippen LogP contribution in [0, 0.1) is 0 Å². The number of hydrogen-bond donors (Lipinski definition) is 3. The Hall–Kier alpha value is -0.120. The van der Waals surface area contributed by atoms with Crippen molar-refractivity contribution in [3.05, 3.63) is 0 Å². The summed E-state index contributed by atoms with van der Waals surface area (Å²) in [5.74, 6) is 0. The Kier molecular flexibility index (Phi) is 3.98. The van der Waals surface area contributed by atoms with Gasteiger partial charge in [-0.3, -0.25) is 16.0 Å². The highest BCUT2D eigenvalue weighted by atomic mass is 15.2. The first-order valence-corrected chi connectivity index (χ1v) is 2.37. The first kappa shape index (κ1) is 6.88. The van der Waals surface area contributed by atoms with Gasteiger partial charge in [0.2, 0.25) is 0 Å². The van der Waals surface area contributed by atoms with E-state index in [0.717, 1.165) is 0 Å². The lowest BCUT2D eigenvalue weighted by molar-refractivity contribution is 0.436. The zero-order valence-electron chi connectivity index (χ0n) is 5.08. The molecular formula is C4H13N3. The third kappa shape index (κ3) is 2.56. The maximum Gasteiger partial charge on any atom is 0.111 e. The largest absolute Gasteiger partial charge is 0.293 e. The van der Waals surface area contributed by atoms with Gasteiger partial charge in [-0.05, 0) is 21.1 Å². The van der Waals surface area contributed by atoms with E-state index < -0.39 is 0 Å². The molecule has 0 unspecified atom stereocenters. The van der Waals surface area contributed by atoms with E-state index in [-0.39, 0.29) is 6.29 Å². The van der Waals surface area contributed by atoms with E-state index in [1.807, 2.05) is 21.1 Å². The lowest BCUT2D eigenvalue weighted by Gasteiger charge is -2.11. The van der Waals surface area contributed by atoms with Gasteiger partial charge in [0, 0.05) is 0 Å². The topological polar surface area (TPSA) is 36.1 Å². The molecule has 3 N–H and O–H groups in total. The van der Waals surface area contributed by atoms with Crippen LogP contribution in [-0.4, -0.2) is 27.4 Å². The first-order chi connectivity index (χ1) is 3.35. The van der Waals surface area contributed by atoms with Gasteiger partial charge in [-0.2, -0.15) is 0 Å². The van der Waals surface area contributed by atoms with E-state index in [9.17, 15) is 0 Å². The van der Waals surface area contributed by atoms with E-state index in [2.05, 4.69) is 16.0 Å². The van der Waals surface area contributed by atoms with Gasteiger partial charge in [-0.15, -0.1) is 0 Å². The molecule has 0 rings (SSSR count). The first-order valence-electron chi connectivity index (χ1n) is 2.37. The van der Waals surface area contributed by atoms with Crippen LogP contribution in [0.5, 0.6) is 0 Å². The Balaban J connectivity index is 2.99. The summed E-state index contributed by atoms with van der Waals surface area (Å²) in [6.07, 6.45) is 0.236. The van der Waals surface area contributed by atoms with E-state index in [1.165, 1.54) is 0 Å². The van der Waals surface area contributed by atoms with Gasteiger partial charge in [0.15, 0.2) is 0 Å². The second-order valence-electron chi connectivity index (χ2n) is 1.30. The van der Waals surface area contributed by atoms with Crippen LogP contribution in [0.3, 0.4) is 0 Å². The molecule has 0 aliphatic rings. The summed E-state index contributed by atoms with van der Waals surface area (Å²) in [5, 5.41) is 8.94. The summed E-state index contributed by atoms with van der Waals surface area (Å²) < 4.78 is 0. The second kappa shape index (κ2) is 4.05. The van der Waals surface area contributed by atoms with E-state index >= 15 is 0 Å². The molecule has 0 bridgehead atoms. The average Bonchev–Trinajstić information content (AvgIpc) is 1.72. The van der Waals surface area contributed by atoms with Crippen LogP contribution >= 0.6 is 0 Å². The van der Waals surface area contributed by atoms with Crippen molar-refractivity contribution in [2.24, 2.45) is 0 Å². The average molecular weight is 103 g/mol. The molecule has 0 aromatic rings. The fourth-order valence-electron chi connectivity index (χ4n) is 0.433. The van der Waals surface area contributed by atoms with Crippen molar-refractivity contribution in [1.82, 2.24) is 16.0 Å². The van der Waals surface area contributed by atoms with Crippen molar-refractivity contribution < 1.29 is 0 Å². The normalized spacial score (nSPS) is 10.3. The number of hydrogen-bond acceptors (Lipinski definition) is 3. The molecule has 0 saturated carbocycles. The molecule has 0 spiro atoms. The molecule has 0 saturated heterocycles. The Morgan fingerprint density at radius 3 is 1.14 bits per heavy atom. The molecule has 0 aliphatic heterocycles. The van der Waals surface area contributed by atoms with Crippen LogP contribution in [0.4, 0.5) is 0 Å². The molecule has 0 heterocycles. The van der Waals surface area contributed by atoms with Crippen molar-refractivity contribution in [1.29, 1.82) is 0 Å². The fourth-order valence-corrected chi connectivity index (χ4v) is 0.433. The number of rotatable bonds is 3. The van der Waals surface area contributed by atoms with Crippen LogP contribution in [0.1, 0.15) is 0 Å². The lowest BCUT2D eigenvalue weighted by Crippen LogP contribution is -2.47. The van der Waals surface area contributed by atoms with Crippen LogP contribution < -0.4 is 16.0 Å². The monoisotopic (exact) mass is 103 g/mol. The van der Waals surface area contributed by atoms with Gasteiger partial charge in [-0.25, -0.2) is 0 Å². The van der Waals surface area contributed by atoms with Crippen molar-refractivity contribution >= 4 is 0 Å². The molecular weight excluding hydrogens is 90.1 g/mol. The van der Waals surface area contributed by atoms with Crippen LogP contribution in [-0.2, 0) is 0 Å². The van der Waals surface area contributed by atoms with Gasteiger partial charge in [0.25, 0.3) is 0 Å². The van der Waals surface area contributed by atoms with E-state index in [4.69, 9.17) is 0 Å². The summed E-state index contributed by atoms with van der Waals surface area (Å²) >= 11 is 0. The molecule has 3 nitrogen and oxygen atoms in total. The van der Waals surface area contributed by atoms with Gasteiger partial charge < -0.3 is 0 Å². The van der Waals surface area contributed by atoms with Gasteiger partial charge >= 0.3 is 0 Å². The summed E-state index contributed by atoms with van der Waals surface area (Å²) in [7, 11) is 5.66. The number of nitrogens with one attached hydrogen (secondary N) is 3. The third-order valence-electron chi connectivity index (χ3n) is 0.866. The SMILES string of the molecule is CNC(NC)NC. The van der Waals surface area contributed by atoms with Crippen molar-refractivity contribution in [2.75, 3.05) is 21.1 Å². The van der Waals surface area contributed by atoms with Crippen molar-refractivity contribution in [3.8, 4) is 0 Å². The molecule has 0 fully saturated rings. The van der Waals surface area contributed by atoms with Crippen LogP contribution in [0.2, 0.25) is 0 Å². The highest BCUT2D eigenvalue weighted by molar-refractivity contribution is 4.48. The fraction of sp³-hybridized carbons (Fsp3) is 1.00. The minimum Gasteiger partial charge on any atom is -0.293 e. The summed E-state index contributed by atoms with van der Waals surface area (Å²) in [5.41, 5.74) is 0. The summed E-state index contributed by atoms with van der Waals surface area (Å²) in [4.78, 5) is 0. The van der Waals surface area contributed by atoms with Gasteiger partial charge in [0.1, 0.15) is 6.29 Å². The molecule has 0 radical (unpaired) electrons. The maximum absolute atomic E-state index is 2.98. The van der Waals surface area contributed by atoms with Gasteiger partial charge in [0.05, 0.1) is 0 Å². The Bertz CT molecular complexity index is 28.4. The molecule has 0 atom stereocenters. The molecule has 7 heavy (non-hydrogen) atoms. The van der Waals surface area contributed by atoms with E-state index in [1.54, 1.807) is 0 Å². The summed E-state index contributed by atoms with van der Waals surface area (Å²) in [6, 6.07) is 0. The van der Waals surface area contributed by atoms with Gasteiger partial charge in [-0.1, -0.05) is 0 Å². The van der Waals surface area contributed by atoms with Crippen LogP contribution in [0.25, 0.3) is 0 Å². The standard InChI is InChI=1S/C4H13N3/c1-5-4(6-2)7-3/h4-7H,1-3H3. The zero-order chi connectivity index (χ0) is 5.70. The Morgan fingerprint density at radius 1 is 0.857 bits per heavy atom. The third-order valence-corrected chi connectivity index (χ3v) is 0.866. The summed E-state index contributed by atoms with van der Waals surface area (Å²) in [6.45, 7) is 0. The molecule has 0 aliphatic carbocycles. The zero-order valence-corrected chi connectivity index (χ0v) is 5.08. The van der Waals surface area contributed by atoms with Crippen LogP contribution in [0.15, 0.2) is 0 Å². The highest BCUT2D eigenvalue weighted by Crippen LogP contribution is 1.56. The molecule has 0 amide bonds. The lowest BCUT2D eigenvalue weighted by atomic mass is 10.8. The molecule has 0 aromatic heterocycles. The smallest absolute Gasteiger partial charge is 0.111 e. The minimum absolute atomic E-state index is 0.236. The van der Waals surface area contributed by atoms with Crippen molar-refractivity contribution in [3.63, 3.8) is 0 Å². The maximum atomic E-state index is 2.98. The Labute approximate surface area is 44.5 Å². The molecule has 44 valence electrons. The Morgan fingerprint density at radius 2 is 1.14 bits per heavy atom. The predicted octanol–water partition coefficient (Wildman–Crippen LogP) is -1.07.